The van der Waals surface area contributed by atoms with Crippen LogP contribution in [0.5, 0.6) is 0 Å². The van der Waals surface area contributed by atoms with Gasteiger partial charge in [0.05, 0.1) is 6.54 Å². The molecule has 5 heteroatoms. The van der Waals surface area contributed by atoms with Crippen molar-refractivity contribution in [3.05, 3.63) is 89.2 Å². The number of urea groups is 1. The van der Waals surface area contributed by atoms with Crippen molar-refractivity contribution in [3.63, 3.8) is 0 Å². The van der Waals surface area contributed by atoms with E-state index >= 15 is 0 Å². The van der Waals surface area contributed by atoms with Crippen molar-refractivity contribution < 1.29 is 4.79 Å². The molecular weight excluding hydrogens is 312 g/mol. The number of aromatic nitrogens is 2. The van der Waals surface area contributed by atoms with Gasteiger partial charge >= 0.3 is 6.03 Å². The van der Waals surface area contributed by atoms with Gasteiger partial charge in [-0.1, -0.05) is 54.1 Å². The number of hydrogen-bond acceptors (Lipinski definition) is 2. The van der Waals surface area contributed by atoms with Crippen LogP contribution in [0.1, 0.15) is 22.3 Å². The number of hydrogen-bond donors (Lipinski definition) is 2. The number of benzene rings is 2. The van der Waals surface area contributed by atoms with E-state index < -0.39 is 0 Å². The smallest absolute Gasteiger partial charge is 0.315 e. The first kappa shape index (κ1) is 16.8. The van der Waals surface area contributed by atoms with E-state index in [1.165, 1.54) is 5.56 Å². The van der Waals surface area contributed by atoms with Crippen LogP contribution in [-0.4, -0.2) is 15.8 Å². The van der Waals surface area contributed by atoms with Crippen LogP contribution >= 0.6 is 0 Å². The second-order valence-electron chi connectivity index (χ2n) is 6.05. The van der Waals surface area contributed by atoms with Crippen LogP contribution in [0.3, 0.4) is 0 Å². The standard InChI is InChI=1S/C20H22N4O/c1-16-5-2-6-17(11-16)13-21-20(25)22-14-18-7-3-8-19(12-18)15-24-10-4-9-23-24/h2-12H,13-15H2,1H3,(H2,21,22,25). The van der Waals surface area contributed by atoms with Crippen LogP contribution in [0.2, 0.25) is 0 Å². The third kappa shape index (κ3) is 5.21. The van der Waals surface area contributed by atoms with Crippen LogP contribution in [-0.2, 0) is 19.6 Å². The summed E-state index contributed by atoms with van der Waals surface area (Å²) in [7, 11) is 0. The van der Waals surface area contributed by atoms with E-state index in [-0.39, 0.29) is 6.03 Å². The van der Waals surface area contributed by atoms with Crippen molar-refractivity contribution in [3.8, 4) is 0 Å². The Balaban J connectivity index is 1.48. The largest absolute Gasteiger partial charge is 0.334 e. The number of aryl methyl sites for hydroxylation is 1. The maximum absolute atomic E-state index is 12.0. The number of nitrogens with one attached hydrogen (secondary N) is 2. The highest BCUT2D eigenvalue weighted by Gasteiger charge is 2.02. The minimum absolute atomic E-state index is 0.168. The first-order chi connectivity index (χ1) is 12.2. The molecule has 0 bridgehead atoms. The molecule has 5 nitrogen and oxygen atoms in total. The van der Waals surface area contributed by atoms with Gasteiger partial charge in [-0.25, -0.2) is 4.79 Å². The van der Waals surface area contributed by atoms with E-state index in [1.807, 2.05) is 54.2 Å². The molecule has 0 saturated heterocycles. The number of rotatable bonds is 6. The number of carbonyl (C=O) groups is 1. The molecule has 0 aliphatic rings. The molecular formula is C20H22N4O. The Morgan fingerprint density at radius 3 is 2.32 bits per heavy atom. The molecule has 0 atom stereocenters. The van der Waals surface area contributed by atoms with Gasteiger partial charge in [0.1, 0.15) is 0 Å². The summed E-state index contributed by atoms with van der Waals surface area (Å²) in [6, 6.07) is 18.0. The monoisotopic (exact) mass is 334 g/mol. The lowest BCUT2D eigenvalue weighted by Gasteiger charge is -2.09. The van der Waals surface area contributed by atoms with Gasteiger partial charge in [-0.05, 0) is 29.7 Å². The lowest BCUT2D eigenvalue weighted by atomic mass is 10.1. The predicted molar refractivity (Wildman–Crippen MR) is 98.0 cm³/mol. The topological polar surface area (TPSA) is 59.0 Å². The van der Waals surface area contributed by atoms with Crippen LogP contribution in [0, 0.1) is 6.92 Å². The summed E-state index contributed by atoms with van der Waals surface area (Å²) < 4.78 is 1.88. The Morgan fingerprint density at radius 1 is 0.960 bits per heavy atom. The van der Waals surface area contributed by atoms with Crippen molar-refractivity contribution in [2.75, 3.05) is 0 Å². The van der Waals surface area contributed by atoms with Gasteiger partial charge in [-0.3, -0.25) is 4.68 Å². The lowest BCUT2D eigenvalue weighted by Crippen LogP contribution is -2.34. The van der Waals surface area contributed by atoms with Gasteiger partial charge in [0.15, 0.2) is 0 Å². The maximum atomic E-state index is 12.0. The minimum Gasteiger partial charge on any atom is -0.334 e. The Morgan fingerprint density at radius 2 is 1.64 bits per heavy atom. The molecule has 3 aromatic rings. The number of nitrogens with zero attached hydrogens (tertiary/aromatic N) is 2. The average molecular weight is 334 g/mol. The predicted octanol–water partition coefficient (Wildman–Crippen LogP) is 3.24. The van der Waals surface area contributed by atoms with Gasteiger partial charge in [0.25, 0.3) is 0 Å². The van der Waals surface area contributed by atoms with Crippen molar-refractivity contribution in [2.45, 2.75) is 26.6 Å². The molecule has 0 unspecified atom stereocenters. The Kier molecular flexibility index (Phi) is 5.46. The highest BCUT2D eigenvalue weighted by atomic mass is 16.2. The first-order valence-electron chi connectivity index (χ1n) is 8.31. The molecule has 1 aromatic heterocycles. The molecule has 0 saturated carbocycles. The van der Waals surface area contributed by atoms with E-state index in [9.17, 15) is 4.79 Å². The first-order valence-corrected chi connectivity index (χ1v) is 8.31. The van der Waals surface area contributed by atoms with Gasteiger partial charge in [-0.2, -0.15) is 5.10 Å². The third-order valence-corrected chi connectivity index (χ3v) is 3.88. The zero-order valence-electron chi connectivity index (χ0n) is 14.3. The van der Waals surface area contributed by atoms with E-state index in [2.05, 4.69) is 33.9 Å². The molecule has 2 amide bonds. The highest BCUT2D eigenvalue weighted by Crippen LogP contribution is 2.07. The van der Waals surface area contributed by atoms with Crippen LogP contribution in [0.15, 0.2) is 67.0 Å². The molecule has 2 N–H and O–H groups in total. The van der Waals surface area contributed by atoms with Crippen LogP contribution in [0.4, 0.5) is 4.79 Å². The van der Waals surface area contributed by atoms with Crippen LogP contribution in [0.25, 0.3) is 0 Å². The summed E-state index contributed by atoms with van der Waals surface area (Å²) in [5, 5.41) is 9.99. The summed E-state index contributed by atoms with van der Waals surface area (Å²) in [6.07, 6.45) is 3.70. The summed E-state index contributed by atoms with van der Waals surface area (Å²) in [4.78, 5) is 12.0. The van der Waals surface area contributed by atoms with E-state index in [0.717, 1.165) is 23.2 Å². The molecule has 128 valence electrons. The fourth-order valence-electron chi connectivity index (χ4n) is 2.67. The molecule has 0 spiro atoms. The molecule has 0 radical (unpaired) electrons. The van der Waals surface area contributed by atoms with Crippen molar-refractivity contribution >= 4 is 6.03 Å². The lowest BCUT2D eigenvalue weighted by molar-refractivity contribution is 0.240. The molecule has 0 fully saturated rings. The maximum Gasteiger partial charge on any atom is 0.315 e. The van der Waals surface area contributed by atoms with Crippen molar-refractivity contribution in [2.24, 2.45) is 0 Å². The normalized spacial score (nSPS) is 10.4. The second kappa shape index (κ2) is 8.15. The van der Waals surface area contributed by atoms with E-state index in [4.69, 9.17) is 0 Å². The van der Waals surface area contributed by atoms with Crippen molar-refractivity contribution in [1.82, 2.24) is 20.4 Å². The summed E-state index contributed by atoms with van der Waals surface area (Å²) in [5.41, 5.74) is 4.50. The van der Waals surface area contributed by atoms with Gasteiger partial charge in [0, 0.05) is 25.5 Å². The fourth-order valence-corrected chi connectivity index (χ4v) is 2.67. The van der Waals surface area contributed by atoms with Gasteiger partial charge in [0.2, 0.25) is 0 Å². The average Bonchev–Trinajstić information content (AvgIpc) is 3.11. The Labute approximate surface area is 147 Å². The fraction of sp³-hybridized carbons (Fsp3) is 0.200. The zero-order valence-corrected chi connectivity index (χ0v) is 14.3. The Bertz CT molecular complexity index is 827. The van der Waals surface area contributed by atoms with E-state index in [0.29, 0.717) is 13.1 Å². The van der Waals surface area contributed by atoms with E-state index in [1.54, 1.807) is 6.20 Å². The SMILES string of the molecule is Cc1cccc(CNC(=O)NCc2cccc(Cn3cccn3)c2)c1. The molecule has 25 heavy (non-hydrogen) atoms. The molecule has 2 aromatic carbocycles. The van der Waals surface area contributed by atoms with Crippen molar-refractivity contribution in [1.29, 1.82) is 0 Å². The second-order valence-corrected chi connectivity index (χ2v) is 6.05. The van der Waals surface area contributed by atoms with Crippen LogP contribution < -0.4 is 10.6 Å². The van der Waals surface area contributed by atoms with Gasteiger partial charge in [-0.15, -0.1) is 0 Å². The van der Waals surface area contributed by atoms with Gasteiger partial charge < -0.3 is 10.6 Å². The number of amides is 2. The quantitative estimate of drug-likeness (QED) is 0.727. The molecule has 1 heterocycles. The zero-order chi connectivity index (χ0) is 17.5. The summed E-state index contributed by atoms with van der Waals surface area (Å²) in [6.45, 7) is 3.78. The minimum atomic E-state index is -0.168. The summed E-state index contributed by atoms with van der Waals surface area (Å²) >= 11 is 0. The molecule has 0 aliphatic carbocycles. The highest BCUT2D eigenvalue weighted by molar-refractivity contribution is 5.73. The Hall–Kier alpha value is -3.08. The summed E-state index contributed by atoms with van der Waals surface area (Å²) in [5.74, 6) is 0. The third-order valence-electron chi connectivity index (χ3n) is 3.88. The molecule has 3 rings (SSSR count). The molecule has 0 aliphatic heterocycles. The number of carbonyl (C=O) groups excluding carboxylic acids is 1.